The third-order valence-corrected chi connectivity index (χ3v) is 16.0. The Morgan fingerprint density at radius 3 is 1.49 bits per heavy atom. The van der Waals surface area contributed by atoms with Gasteiger partial charge in [-0.05, 0) is 194 Å². The molecule has 0 saturated heterocycles. The largest absolute Gasteiger partial charge is 0.311 e. The average Bonchev–Trinajstić information content (AvgIpc) is 3.58. The molecule has 0 radical (unpaired) electrons. The summed E-state index contributed by atoms with van der Waals surface area (Å²) in [7, 11) is 0. The Labute approximate surface area is 406 Å². The molecule has 0 saturated carbocycles. The van der Waals surface area contributed by atoms with Crippen LogP contribution in [0.2, 0.25) is 0 Å². The lowest BCUT2D eigenvalue weighted by molar-refractivity contribution is 0.402. The number of benzene rings is 7. The first-order valence-electron chi connectivity index (χ1n) is 26.1. The van der Waals surface area contributed by atoms with E-state index in [1.54, 1.807) is 0 Å². The van der Waals surface area contributed by atoms with Crippen LogP contribution in [0.25, 0.3) is 0 Å². The lowest BCUT2D eigenvalue weighted by Gasteiger charge is -2.46. The monoisotopic (exact) mass is 881 g/mol. The molecule has 4 aliphatic rings. The van der Waals surface area contributed by atoms with Gasteiger partial charge in [-0.25, -0.2) is 0 Å². The van der Waals surface area contributed by atoms with Crippen molar-refractivity contribution in [1.29, 1.82) is 0 Å². The second kappa shape index (κ2) is 14.5. The van der Waals surface area contributed by atoms with Gasteiger partial charge in [-0.2, -0.15) is 0 Å². The molecule has 0 bridgehead atoms. The molecule has 2 heterocycles. The summed E-state index contributed by atoms with van der Waals surface area (Å²) in [5.74, 6) is 0. The van der Waals surface area contributed by atoms with Gasteiger partial charge in [-0.15, -0.1) is 0 Å². The highest BCUT2D eigenvalue weighted by Gasteiger charge is 2.49. The predicted octanol–water partition coefficient (Wildman–Crippen LogP) is 15.4. The lowest BCUT2D eigenvalue weighted by Crippen LogP contribution is -2.61. The first-order chi connectivity index (χ1) is 32.8. The number of nitrogens with zero attached hydrogens (tertiary/aromatic N) is 3. The number of hydrogen-bond donors (Lipinski definition) is 0. The van der Waals surface area contributed by atoms with Crippen molar-refractivity contribution in [2.75, 3.05) is 14.7 Å². The third kappa shape index (κ3) is 6.67. The number of anilines is 9. The van der Waals surface area contributed by atoms with Crippen LogP contribution < -0.4 is 31.1 Å². The number of hydrogen-bond acceptors (Lipinski definition) is 3. The van der Waals surface area contributed by atoms with E-state index in [1.807, 2.05) is 12.1 Å². The molecule has 67 heavy (non-hydrogen) atoms. The predicted molar refractivity (Wildman–Crippen MR) is 289 cm³/mol. The molecule has 0 amide bonds. The Hall–Kier alpha value is -6.00. The molecule has 338 valence electrons. The summed E-state index contributed by atoms with van der Waals surface area (Å²) in [4.78, 5) is 7.25. The van der Waals surface area contributed by atoms with Crippen molar-refractivity contribution >= 4 is 74.3 Å². The maximum Gasteiger partial charge on any atom is 0.252 e. The maximum atomic E-state index is 9.16. The SMILES string of the molecule is [2H]C([2H])([2H])c1cc2c3c(c1)N(c1ccc(C(C)(C)C)cc1C)c1cc4c(cc1B3c1cc(N(c3ccccc3)c3ccccc3)ccc1N2c1cc2c(cc1C)C(C)(C)CC2(C)C)C(C)(C)CC4(C)C. The van der Waals surface area contributed by atoms with Gasteiger partial charge in [0.2, 0.25) is 0 Å². The molecule has 3 nitrogen and oxygen atoms in total. The molecule has 11 rings (SSSR count). The summed E-state index contributed by atoms with van der Waals surface area (Å²) in [6.07, 6.45) is 2.08. The van der Waals surface area contributed by atoms with Gasteiger partial charge in [0.05, 0.1) is 0 Å². The van der Waals surface area contributed by atoms with Crippen molar-refractivity contribution in [3.63, 3.8) is 0 Å². The van der Waals surface area contributed by atoms with Crippen molar-refractivity contribution < 1.29 is 4.11 Å². The zero-order valence-corrected chi connectivity index (χ0v) is 42.0. The molecule has 0 fully saturated rings. The van der Waals surface area contributed by atoms with Crippen molar-refractivity contribution in [2.24, 2.45) is 0 Å². The summed E-state index contributed by atoms with van der Waals surface area (Å²) in [5, 5.41) is 0. The number of rotatable bonds is 5. The molecule has 7 aromatic rings. The first kappa shape index (κ1) is 40.1. The Kier molecular flexibility index (Phi) is 8.68. The van der Waals surface area contributed by atoms with Crippen LogP contribution in [0.5, 0.6) is 0 Å². The Balaban J connectivity index is 1.29. The van der Waals surface area contributed by atoms with Gasteiger partial charge in [0.25, 0.3) is 6.71 Å². The van der Waals surface area contributed by atoms with E-state index < -0.39 is 6.85 Å². The van der Waals surface area contributed by atoms with E-state index in [9.17, 15) is 0 Å². The quantitative estimate of drug-likeness (QED) is 0.160. The summed E-state index contributed by atoms with van der Waals surface area (Å²) in [6, 6.07) is 49.3. The minimum atomic E-state index is -2.37. The van der Waals surface area contributed by atoms with Crippen LogP contribution in [0.3, 0.4) is 0 Å². The molecule has 4 heteroatoms. The van der Waals surface area contributed by atoms with Crippen LogP contribution in [-0.2, 0) is 27.1 Å². The number of para-hydroxylation sites is 2. The summed E-state index contributed by atoms with van der Waals surface area (Å²) in [5.41, 5.74) is 22.2. The molecule has 0 spiro atoms. The summed E-state index contributed by atoms with van der Waals surface area (Å²) < 4.78 is 27.5. The summed E-state index contributed by atoms with van der Waals surface area (Å²) >= 11 is 0. The van der Waals surface area contributed by atoms with E-state index in [4.69, 9.17) is 4.11 Å². The fraction of sp³-hybridized carbons (Fsp3) is 0.333. The average molecular weight is 881 g/mol. The van der Waals surface area contributed by atoms with Gasteiger partial charge in [0.15, 0.2) is 0 Å². The van der Waals surface area contributed by atoms with Crippen LogP contribution >= 0.6 is 0 Å². The van der Waals surface area contributed by atoms with E-state index in [1.165, 1.54) is 44.3 Å². The van der Waals surface area contributed by atoms with Gasteiger partial charge in [0.1, 0.15) is 0 Å². The molecule has 0 unspecified atom stereocenters. The highest BCUT2D eigenvalue weighted by Crippen LogP contribution is 2.55. The molecule has 2 aliphatic heterocycles. The van der Waals surface area contributed by atoms with E-state index in [0.717, 1.165) is 75.1 Å². The summed E-state index contributed by atoms with van der Waals surface area (Å²) in [6.45, 7) is 27.8. The van der Waals surface area contributed by atoms with Crippen molar-refractivity contribution in [3.8, 4) is 0 Å². The Morgan fingerprint density at radius 2 is 0.955 bits per heavy atom. The third-order valence-electron chi connectivity index (χ3n) is 16.0. The highest BCUT2D eigenvalue weighted by molar-refractivity contribution is 7.00. The van der Waals surface area contributed by atoms with Crippen molar-refractivity contribution in [2.45, 2.75) is 137 Å². The fourth-order valence-corrected chi connectivity index (χ4v) is 13.4. The van der Waals surface area contributed by atoms with E-state index in [2.05, 4.69) is 226 Å². The van der Waals surface area contributed by atoms with E-state index >= 15 is 0 Å². The first-order valence-corrected chi connectivity index (χ1v) is 24.6. The molecule has 0 aromatic heterocycles. The van der Waals surface area contributed by atoms with Crippen molar-refractivity contribution in [3.05, 3.63) is 178 Å². The topological polar surface area (TPSA) is 9.72 Å². The second-order valence-corrected chi connectivity index (χ2v) is 24.1. The molecular formula is C63H68BN3. The highest BCUT2D eigenvalue weighted by atomic mass is 15.2. The van der Waals surface area contributed by atoms with Gasteiger partial charge in [-0.3, -0.25) is 0 Å². The zero-order valence-electron chi connectivity index (χ0n) is 45.0. The second-order valence-electron chi connectivity index (χ2n) is 24.1. The maximum absolute atomic E-state index is 9.16. The van der Waals surface area contributed by atoms with Gasteiger partial charge in [-0.1, -0.05) is 137 Å². The Bertz CT molecular complexity index is 3240. The van der Waals surface area contributed by atoms with Gasteiger partial charge in [0, 0.05) is 55.3 Å². The molecule has 2 aliphatic carbocycles. The Morgan fingerprint density at radius 1 is 0.478 bits per heavy atom. The van der Waals surface area contributed by atoms with Crippen LogP contribution in [0, 0.1) is 20.7 Å². The van der Waals surface area contributed by atoms with Crippen LogP contribution in [0.4, 0.5) is 51.2 Å². The zero-order chi connectivity index (χ0) is 49.8. The van der Waals surface area contributed by atoms with Gasteiger partial charge >= 0.3 is 0 Å². The fourth-order valence-electron chi connectivity index (χ4n) is 13.4. The van der Waals surface area contributed by atoms with E-state index in [0.29, 0.717) is 5.56 Å². The standard InChI is InChI=1S/C63H68BN3/c1-39-29-56-58-57(30-39)67(54-35-48-46(32-41(54)3)60(7,8)37-62(48,11)12)53-28-26-45(65(43-21-17-15-18-22-43)44-23-19-16-20-24-44)33-50(53)64(58)51-34-47-49(63(13,14)38-61(47,9)10)36-55(51)66(56)52-27-25-42(31-40(52)2)59(4,5)6/h15-36H,37-38H2,1-14H3/i1D3. The molecular weight excluding hydrogens is 810 g/mol. The minimum Gasteiger partial charge on any atom is -0.311 e. The lowest BCUT2D eigenvalue weighted by atomic mass is 9.33. The normalized spacial score (nSPS) is 18.5. The van der Waals surface area contributed by atoms with Gasteiger partial charge < -0.3 is 14.7 Å². The number of aryl methyl sites for hydroxylation is 3. The van der Waals surface area contributed by atoms with E-state index in [-0.39, 0.29) is 33.8 Å². The molecule has 7 aromatic carbocycles. The minimum absolute atomic E-state index is 0.0216. The van der Waals surface area contributed by atoms with Crippen LogP contribution in [0.1, 0.15) is 138 Å². The smallest absolute Gasteiger partial charge is 0.252 e. The molecule has 0 N–H and O–H groups in total. The number of fused-ring (bicyclic) bond motifs is 6. The van der Waals surface area contributed by atoms with Crippen LogP contribution in [-0.4, -0.2) is 6.71 Å². The van der Waals surface area contributed by atoms with Crippen molar-refractivity contribution in [1.82, 2.24) is 0 Å². The van der Waals surface area contributed by atoms with Crippen LogP contribution in [0.15, 0.2) is 133 Å². The molecule has 0 atom stereocenters.